The van der Waals surface area contributed by atoms with Crippen molar-refractivity contribution in [2.45, 2.75) is 30.4 Å². The molecule has 112 valence electrons. The molecule has 0 aliphatic rings. The first kappa shape index (κ1) is 17.6. The van der Waals surface area contributed by atoms with Gasteiger partial charge in [-0.2, -0.15) is 26.3 Å². The van der Waals surface area contributed by atoms with Crippen molar-refractivity contribution in [1.29, 1.82) is 0 Å². The van der Waals surface area contributed by atoms with Crippen LogP contribution in [0.15, 0.2) is 12.2 Å². The Bertz CT molecular complexity index is 365. The zero-order chi connectivity index (χ0) is 15.9. The van der Waals surface area contributed by atoms with Crippen molar-refractivity contribution in [2.75, 3.05) is 0 Å². The molecule has 0 saturated carbocycles. The predicted octanol–water partition coefficient (Wildman–Crippen LogP) is 3.49. The molecule has 0 aromatic carbocycles. The van der Waals surface area contributed by atoms with E-state index in [0.717, 1.165) is 0 Å². The van der Waals surface area contributed by atoms with Gasteiger partial charge in [0.1, 0.15) is 0 Å². The average molecular weight is 304 g/mol. The number of alkyl halides is 9. The minimum atomic E-state index is -6.98. The van der Waals surface area contributed by atoms with Crippen molar-refractivity contribution in [3.05, 3.63) is 12.2 Å². The first-order valence-corrected chi connectivity index (χ1v) is 4.19. The molecule has 0 aliphatic carbocycles. The van der Waals surface area contributed by atoms with Crippen molar-refractivity contribution in [3.8, 4) is 0 Å². The van der Waals surface area contributed by atoms with Gasteiger partial charge in [-0.05, 0) is 0 Å². The van der Waals surface area contributed by atoms with Crippen LogP contribution in [-0.2, 0) is 4.79 Å². The van der Waals surface area contributed by atoms with Gasteiger partial charge < -0.3 is 5.11 Å². The molecule has 0 radical (unpaired) electrons. The molecule has 0 rings (SSSR count). The van der Waals surface area contributed by atoms with Gasteiger partial charge in [0.05, 0.1) is 0 Å². The molecule has 1 N–H and O–H groups in total. The molecular weight excluding hydrogens is 299 g/mol. The maximum atomic E-state index is 13.0. The van der Waals surface area contributed by atoms with E-state index in [4.69, 9.17) is 5.11 Å². The second kappa shape index (κ2) is 4.60. The van der Waals surface area contributed by atoms with Crippen molar-refractivity contribution in [1.82, 2.24) is 0 Å². The number of rotatable bonds is 4. The summed E-state index contributed by atoms with van der Waals surface area (Å²) in [6, 6.07) is 0. The summed E-state index contributed by atoms with van der Waals surface area (Å²) in [6.07, 6.45) is -16.6. The Hall–Kier alpha value is -1.42. The summed E-state index contributed by atoms with van der Waals surface area (Å²) in [5.41, 5.74) is -8.56. The van der Waals surface area contributed by atoms with Gasteiger partial charge in [-0.25, -0.2) is 18.0 Å². The Balaban J connectivity index is 5.77. The summed E-state index contributed by atoms with van der Waals surface area (Å²) in [6.45, 7) is 2.34. The quantitative estimate of drug-likeness (QED) is 0.638. The first-order valence-electron chi connectivity index (χ1n) is 4.19. The van der Waals surface area contributed by atoms with E-state index in [1.807, 2.05) is 0 Å². The van der Waals surface area contributed by atoms with Gasteiger partial charge in [0.15, 0.2) is 0 Å². The standard InChI is InChI=1S/C8H5F9O2/c1-3(4(18)19)2-5(9,10)6(11,7(12,13)14)8(15,16)17/h1-2H2,(H,18,19). The Kier molecular flexibility index (Phi) is 4.26. The highest BCUT2D eigenvalue weighted by molar-refractivity contribution is 5.85. The van der Waals surface area contributed by atoms with Crippen LogP contribution in [0, 0.1) is 0 Å². The number of carbonyl (C=O) groups is 1. The lowest BCUT2D eigenvalue weighted by Gasteiger charge is -2.36. The summed E-state index contributed by atoms with van der Waals surface area (Å²) in [4.78, 5) is 10.1. The minimum Gasteiger partial charge on any atom is -0.478 e. The van der Waals surface area contributed by atoms with Gasteiger partial charge in [0.25, 0.3) is 0 Å². The number of hydrogen-bond acceptors (Lipinski definition) is 1. The Morgan fingerprint density at radius 2 is 1.21 bits per heavy atom. The molecule has 0 heterocycles. The molecule has 0 fully saturated rings. The second-order valence-electron chi connectivity index (χ2n) is 3.44. The van der Waals surface area contributed by atoms with E-state index in [-0.39, 0.29) is 0 Å². The molecule has 11 heteroatoms. The number of carboxylic acid groups (broad SMARTS) is 1. The fraction of sp³-hybridized carbons (Fsp3) is 0.625. The van der Waals surface area contributed by atoms with E-state index in [9.17, 15) is 44.3 Å². The monoisotopic (exact) mass is 304 g/mol. The summed E-state index contributed by atoms with van der Waals surface area (Å²) < 4.78 is 111. The van der Waals surface area contributed by atoms with Crippen LogP contribution < -0.4 is 0 Å². The van der Waals surface area contributed by atoms with Crippen LogP contribution in [-0.4, -0.2) is 35.0 Å². The van der Waals surface area contributed by atoms with Gasteiger partial charge in [0, 0.05) is 12.0 Å². The third-order valence-corrected chi connectivity index (χ3v) is 2.02. The Morgan fingerprint density at radius 1 is 0.895 bits per heavy atom. The van der Waals surface area contributed by atoms with Crippen molar-refractivity contribution in [2.24, 2.45) is 0 Å². The highest BCUT2D eigenvalue weighted by Gasteiger charge is 2.84. The molecule has 2 nitrogen and oxygen atoms in total. The SMILES string of the molecule is C=C(CC(F)(F)C(F)(C(F)(F)F)C(F)(F)F)C(=O)O. The van der Waals surface area contributed by atoms with E-state index in [0.29, 0.717) is 0 Å². The van der Waals surface area contributed by atoms with E-state index in [2.05, 4.69) is 6.58 Å². The summed E-state index contributed by atoms with van der Waals surface area (Å²) in [5, 5.41) is 8.10. The number of aliphatic carboxylic acids is 1. The fourth-order valence-electron chi connectivity index (χ4n) is 1.04. The molecule has 0 aromatic heterocycles. The van der Waals surface area contributed by atoms with Crippen molar-refractivity contribution < 1.29 is 49.4 Å². The third kappa shape index (κ3) is 2.95. The summed E-state index contributed by atoms with van der Waals surface area (Å²) >= 11 is 0. The molecule has 0 bridgehead atoms. The number of carboxylic acids is 1. The summed E-state index contributed by atoms with van der Waals surface area (Å²) in [5.74, 6) is -8.34. The molecule has 0 spiro atoms. The Labute approximate surface area is 99.0 Å². The van der Waals surface area contributed by atoms with Crippen molar-refractivity contribution >= 4 is 5.97 Å². The normalized spacial score (nSPS) is 14.4. The third-order valence-electron chi connectivity index (χ3n) is 2.02. The van der Waals surface area contributed by atoms with Crippen LogP contribution in [0.5, 0.6) is 0 Å². The smallest absolute Gasteiger partial charge is 0.437 e. The topological polar surface area (TPSA) is 37.3 Å². The molecule has 0 amide bonds. The Morgan fingerprint density at radius 3 is 1.42 bits per heavy atom. The molecule has 0 unspecified atom stereocenters. The fourth-order valence-corrected chi connectivity index (χ4v) is 1.04. The van der Waals surface area contributed by atoms with Gasteiger partial charge in [-0.1, -0.05) is 6.58 Å². The highest BCUT2D eigenvalue weighted by Crippen LogP contribution is 2.56. The number of hydrogen-bond donors (Lipinski definition) is 1. The zero-order valence-corrected chi connectivity index (χ0v) is 8.67. The van der Waals surface area contributed by atoms with Crippen LogP contribution in [0.3, 0.4) is 0 Å². The molecule has 19 heavy (non-hydrogen) atoms. The lowest BCUT2D eigenvalue weighted by molar-refractivity contribution is -0.395. The van der Waals surface area contributed by atoms with E-state index in [1.165, 1.54) is 0 Å². The minimum absolute atomic E-state index is 1.69. The van der Waals surface area contributed by atoms with Crippen LogP contribution in [0.4, 0.5) is 39.5 Å². The first-order chi connectivity index (χ1) is 8.08. The largest absolute Gasteiger partial charge is 0.478 e. The molecular formula is C8H5F9O2. The van der Waals surface area contributed by atoms with Crippen molar-refractivity contribution in [3.63, 3.8) is 0 Å². The van der Waals surface area contributed by atoms with Crippen LogP contribution in [0.1, 0.15) is 6.42 Å². The maximum Gasteiger partial charge on any atom is 0.437 e. The van der Waals surface area contributed by atoms with Crippen LogP contribution in [0.25, 0.3) is 0 Å². The number of halogens is 9. The zero-order valence-electron chi connectivity index (χ0n) is 8.67. The molecule has 0 saturated heterocycles. The molecule has 0 aromatic rings. The van der Waals surface area contributed by atoms with Gasteiger partial charge >= 0.3 is 29.9 Å². The lowest BCUT2D eigenvalue weighted by atomic mass is 9.91. The molecule has 0 aliphatic heterocycles. The average Bonchev–Trinajstić information content (AvgIpc) is 2.11. The van der Waals surface area contributed by atoms with E-state index in [1.54, 1.807) is 0 Å². The molecule has 0 atom stereocenters. The second-order valence-corrected chi connectivity index (χ2v) is 3.44. The lowest BCUT2D eigenvalue weighted by Crippen LogP contribution is -2.64. The predicted molar refractivity (Wildman–Crippen MR) is 42.3 cm³/mol. The van der Waals surface area contributed by atoms with E-state index >= 15 is 0 Å². The maximum absolute atomic E-state index is 13.0. The van der Waals surface area contributed by atoms with Crippen LogP contribution >= 0.6 is 0 Å². The van der Waals surface area contributed by atoms with Gasteiger partial charge in [-0.15, -0.1) is 0 Å². The van der Waals surface area contributed by atoms with Gasteiger partial charge in [-0.3, -0.25) is 0 Å². The van der Waals surface area contributed by atoms with Crippen LogP contribution in [0.2, 0.25) is 0 Å². The van der Waals surface area contributed by atoms with Gasteiger partial charge in [0.2, 0.25) is 0 Å². The highest BCUT2D eigenvalue weighted by atomic mass is 19.4. The summed E-state index contributed by atoms with van der Waals surface area (Å²) in [7, 11) is 0. The van der Waals surface area contributed by atoms with E-state index < -0.39 is 41.9 Å².